The molecule has 0 radical (unpaired) electrons. The quantitative estimate of drug-likeness (QED) is 0.372. The molecule has 0 saturated heterocycles. The molecule has 1 aliphatic carbocycles. The number of anilines is 2. The van der Waals surface area contributed by atoms with Gasteiger partial charge in [-0.1, -0.05) is 0 Å². The Morgan fingerprint density at radius 3 is 3.06 bits per heavy atom. The molecule has 4 aromatic rings. The first-order chi connectivity index (χ1) is 17.1. The fraction of sp³-hybridized carbons (Fsp3) is 0.400. The number of nitriles is 1. The van der Waals surface area contributed by atoms with Gasteiger partial charge in [-0.2, -0.15) is 10.4 Å². The van der Waals surface area contributed by atoms with Crippen molar-refractivity contribution in [2.45, 2.75) is 39.5 Å². The minimum atomic E-state index is -0.0633. The Morgan fingerprint density at radius 1 is 1.37 bits per heavy atom. The van der Waals surface area contributed by atoms with E-state index in [0.717, 1.165) is 51.2 Å². The summed E-state index contributed by atoms with van der Waals surface area (Å²) in [7, 11) is 0. The van der Waals surface area contributed by atoms with Gasteiger partial charge in [-0.25, -0.2) is 9.97 Å². The summed E-state index contributed by atoms with van der Waals surface area (Å²) in [5.41, 5.74) is 2.95. The number of hydrogen-bond acceptors (Lipinski definition) is 8. The van der Waals surface area contributed by atoms with E-state index in [-0.39, 0.29) is 11.8 Å². The standard InChI is InChI=1S/C25H27N7O2S/c1-3-32(9-5-8-26)25(33)15-6-7-17-21(11-15)35-24-22(17)23(27-14-28-24)30-19-10-16-13-29-31-18(16)12-20(19)34-4-2/h10,12-15H,3-7,9,11H2,1-2H3,(H,29,31)(H,27,28,30)/t15-/m0/s1. The zero-order valence-electron chi connectivity index (χ0n) is 19.8. The van der Waals surface area contributed by atoms with Crippen LogP contribution in [0, 0.1) is 17.2 Å². The molecule has 2 N–H and O–H groups in total. The van der Waals surface area contributed by atoms with Crippen LogP contribution in [0.3, 0.4) is 0 Å². The zero-order valence-corrected chi connectivity index (χ0v) is 20.6. The third-order valence-electron chi connectivity index (χ3n) is 6.47. The molecule has 35 heavy (non-hydrogen) atoms. The molecule has 5 rings (SSSR count). The Hall–Kier alpha value is -3.71. The number of hydrogen-bond donors (Lipinski definition) is 2. The number of carbonyl (C=O) groups is 1. The number of thiophene rings is 1. The number of aromatic amines is 1. The van der Waals surface area contributed by atoms with E-state index in [2.05, 4.69) is 31.6 Å². The highest BCUT2D eigenvalue weighted by Crippen LogP contribution is 2.42. The van der Waals surface area contributed by atoms with Crippen LogP contribution < -0.4 is 10.1 Å². The first kappa shape index (κ1) is 23.1. The molecule has 1 aromatic carbocycles. The summed E-state index contributed by atoms with van der Waals surface area (Å²) in [4.78, 5) is 26.1. The molecule has 0 spiro atoms. The number of rotatable bonds is 8. The Labute approximate surface area is 207 Å². The predicted molar refractivity (Wildman–Crippen MR) is 136 cm³/mol. The molecule has 180 valence electrons. The van der Waals surface area contributed by atoms with Gasteiger partial charge in [0.1, 0.15) is 22.7 Å². The molecule has 3 aromatic heterocycles. The van der Waals surface area contributed by atoms with Gasteiger partial charge in [0.2, 0.25) is 5.91 Å². The average Bonchev–Trinajstić information content (AvgIpc) is 3.48. The highest BCUT2D eigenvalue weighted by atomic mass is 32.1. The summed E-state index contributed by atoms with van der Waals surface area (Å²) in [6, 6.07) is 6.09. The van der Waals surface area contributed by atoms with Gasteiger partial charge in [-0.15, -0.1) is 11.3 Å². The van der Waals surface area contributed by atoms with E-state index in [4.69, 9.17) is 10.00 Å². The van der Waals surface area contributed by atoms with Crippen molar-refractivity contribution in [3.63, 3.8) is 0 Å². The van der Waals surface area contributed by atoms with Crippen LogP contribution in [0.25, 0.3) is 21.1 Å². The number of H-pyrrole nitrogens is 1. The van der Waals surface area contributed by atoms with Gasteiger partial charge in [0.15, 0.2) is 0 Å². The Kier molecular flexibility index (Phi) is 6.51. The molecule has 3 heterocycles. The summed E-state index contributed by atoms with van der Waals surface area (Å²) in [5, 5.41) is 21.5. The lowest BCUT2D eigenvalue weighted by Gasteiger charge is -2.28. The van der Waals surface area contributed by atoms with Crippen molar-refractivity contribution in [2.24, 2.45) is 5.92 Å². The maximum absolute atomic E-state index is 13.1. The monoisotopic (exact) mass is 489 g/mol. The maximum Gasteiger partial charge on any atom is 0.226 e. The Morgan fingerprint density at radius 2 is 2.26 bits per heavy atom. The van der Waals surface area contributed by atoms with E-state index < -0.39 is 0 Å². The van der Waals surface area contributed by atoms with Crippen LogP contribution in [0.5, 0.6) is 5.75 Å². The van der Waals surface area contributed by atoms with E-state index in [9.17, 15) is 4.79 Å². The van der Waals surface area contributed by atoms with Crippen molar-refractivity contribution in [1.82, 2.24) is 25.1 Å². The van der Waals surface area contributed by atoms with E-state index in [1.807, 2.05) is 26.0 Å². The molecule has 0 bridgehead atoms. The number of carbonyl (C=O) groups excluding carboxylic acids is 1. The highest BCUT2D eigenvalue weighted by Gasteiger charge is 2.31. The SMILES string of the molecule is CCOc1cc2[nH]ncc2cc1Nc1ncnc2sc3c(c12)CC[C@H](C(=O)N(CC)CCC#N)C3. The van der Waals surface area contributed by atoms with Gasteiger partial charge in [-0.3, -0.25) is 9.89 Å². The summed E-state index contributed by atoms with van der Waals surface area (Å²) in [6.07, 6.45) is 5.99. The lowest BCUT2D eigenvalue weighted by atomic mass is 9.86. The molecule has 9 nitrogen and oxygen atoms in total. The van der Waals surface area contributed by atoms with Gasteiger partial charge >= 0.3 is 0 Å². The smallest absolute Gasteiger partial charge is 0.226 e. The number of amides is 1. The molecule has 0 unspecified atom stereocenters. The molecular weight excluding hydrogens is 462 g/mol. The zero-order chi connectivity index (χ0) is 24.4. The maximum atomic E-state index is 13.1. The Balaban J connectivity index is 1.46. The summed E-state index contributed by atoms with van der Waals surface area (Å²) in [6.45, 7) is 5.58. The van der Waals surface area contributed by atoms with Crippen molar-refractivity contribution in [2.75, 3.05) is 25.0 Å². The first-order valence-corrected chi connectivity index (χ1v) is 12.7. The molecule has 0 saturated carbocycles. The number of nitrogens with zero attached hydrogens (tertiary/aromatic N) is 5. The number of ether oxygens (including phenoxy) is 1. The second kappa shape index (κ2) is 9.88. The van der Waals surface area contributed by atoms with E-state index in [0.29, 0.717) is 32.5 Å². The third kappa shape index (κ3) is 4.39. The van der Waals surface area contributed by atoms with Crippen molar-refractivity contribution >= 4 is 49.9 Å². The van der Waals surface area contributed by atoms with Crippen LogP contribution >= 0.6 is 11.3 Å². The van der Waals surface area contributed by atoms with E-state index in [1.54, 1.807) is 28.8 Å². The summed E-state index contributed by atoms with van der Waals surface area (Å²) in [5.74, 6) is 1.55. The van der Waals surface area contributed by atoms with Gasteiger partial charge in [-0.05, 0) is 44.7 Å². The molecule has 0 fully saturated rings. The van der Waals surface area contributed by atoms with Crippen LogP contribution in [-0.2, 0) is 17.6 Å². The van der Waals surface area contributed by atoms with Gasteiger partial charge in [0.25, 0.3) is 0 Å². The molecule has 10 heteroatoms. The van der Waals surface area contributed by atoms with Crippen LogP contribution in [0.1, 0.15) is 37.1 Å². The van der Waals surface area contributed by atoms with Crippen LogP contribution in [-0.4, -0.2) is 50.7 Å². The molecule has 1 amide bonds. The molecular formula is C25H27N7O2S. The van der Waals surface area contributed by atoms with Crippen molar-refractivity contribution < 1.29 is 9.53 Å². The number of nitrogens with one attached hydrogen (secondary N) is 2. The Bertz CT molecular complexity index is 1420. The lowest BCUT2D eigenvalue weighted by Crippen LogP contribution is -2.38. The van der Waals surface area contributed by atoms with E-state index in [1.165, 1.54) is 10.4 Å². The summed E-state index contributed by atoms with van der Waals surface area (Å²) < 4.78 is 5.88. The summed E-state index contributed by atoms with van der Waals surface area (Å²) >= 11 is 1.64. The molecule has 1 aliphatic rings. The molecule has 0 aliphatic heterocycles. The fourth-order valence-corrected chi connectivity index (χ4v) is 6.02. The number of benzene rings is 1. The second-order valence-electron chi connectivity index (χ2n) is 8.54. The van der Waals surface area contributed by atoms with Gasteiger partial charge < -0.3 is 15.0 Å². The second-order valence-corrected chi connectivity index (χ2v) is 9.62. The van der Waals surface area contributed by atoms with Crippen LogP contribution in [0.2, 0.25) is 0 Å². The number of aryl methyl sites for hydroxylation is 1. The van der Waals surface area contributed by atoms with Crippen molar-refractivity contribution in [3.8, 4) is 11.8 Å². The third-order valence-corrected chi connectivity index (χ3v) is 7.64. The fourth-order valence-electron chi connectivity index (χ4n) is 4.75. The predicted octanol–water partition coefficient (Wildman–Crippen LogP) is 4.58. The number of fused-ring (bicyclic) bond motifs is 4. The van der Waals surface area contributed by atoms with Crippen LogP contribution in [0.15, 0.2) is 24.7 Å². The minimum absolute atomic E-state index is 0.0633. The van der Waals surface area contributed by atoms with Crippen molar-refractivity contribution in [1.29, 1.82) is 5.26 Å². The first-order valence-electron chi connectivity index (χ1n) is 11.9. The van der Waals surface area contributed by atoms with Gasteiger partial charge in [0, 0.05) is 35.3 Å². The normalized spacial score (nSPS) is 15.1. The van der Waals surface area contributed by atoms with Crippen LogP contribution in [0.4, 0.5) is 11.5 Å². The van der Waals surface area contributed by atoms with Gasteiger partial charge in [0.05, 0.1) is 41.9 Å². The minimum Gasteiger partial charge on any atom is -0.492 e. The lowest BCUT2D eigenvalue weighted by molar-refractivity contribution is -0.135. The number of aromatic nitrogens is 4. The highest BCUT2D eigenvalue weighted by molar-refractivity contribution is 7.19. The molecule has 1 atom stereocenters. The largest absolute Gasteiger partial charge is 0.492 e. The van der Waals surface area contributed by atoms with E-state index >= 15 is 0 Å². The average molecular weight is 490 g/mol. The topological polar surface area (TPSA) is 120 Å². The van der Waals surface area contributed by atoms with Crippen molar-refractivity contribution in [3.05, 3.63) is 35.1 Å².